The predicted molar refractivity (Wildman–Crippen MR) is 81.4 cm³/mol. The normalized spacial score (nSPS) is 11.3. The molecule has 2 aromatic carbocycles. The van der Waals surface area contributed by atoms with Gasteiger partial charge in [-0.05, 0) is 35.7 Å². The minimum Gasteiger partial charge on any atom is -0.453 e. The van der Waals surface area contributed by atoms with Gasteiger partial charge in [-0.15, -0.1) is 11.3 Å². The van der Waals surface area contributed by atoms with Crippen molar-refractivity contribution in [3.8, 4) is 0 Å². The van der Waals surface area contributed by atoms with Crippen molar-refractivity contribution in [3.05, 3.63) is 71.1 Å². The molecular formula is C17H9FO2S. The lowest BCUT2D eigenvalue weighted by Crippen LogP contribution is -1.95. The molecule has 0 fully saturated rings. The molecule has 0 amide bonds. The second kappa shape index (κ2) is 4.53. The molecule has 102 valence electrons. The van der Waals surface area contributed by atoms with Crippen molar-refractivity contribution in [3.63, 3.8) is 0 Å². The first-order valence-electron chi connectivity index (χ1n) is 6.43. The van der Waals surface area contributed by atoms with Gasteiger partial charge in [-0.1, -0.05) is 24.3 Å². The first-order valence-corrected chi connectivity index (χ1v) is 7.25. The van der Waals surface area contributed by atoms with Gasteiger partial charge >= 0.3 is 0 Å². The summed E-state index contributed by atoms with van der Waals surface area (Å²) in [5, 5.41) is 1.76. The number of carbonyl (C=O) groups is 1. The number of furan rings is 1. The summed E-state index contributed by atoms with van der Waals surface area (Å²) in [5.74, 6) is -0.164. The molecule has 2 heterocycles. The lowest BCUT2D eigenvalue weighted by molar-refractivity contribution is 0.101. The smallest absolute Gasteiger partial charge is 0.238 e. The number of rotatable bonds is 2. The zero-order chi connectivity index (χ0) is 14.4. The fraction of sp³-hybridized carbons (Fsp3) is 0. The Bertz CT molecular complexity index is 948. The maximum atomic E-state index is 13.2. The SMILES string of the molecule is O=C(c1cc2ccccc2o1)c1cc2ccc(F)cc2s1. The van der Waals surface area contributed by atoms with Crippen LogP contribution in [0.2, 0.25) is 0 Å². The van der Waals surface area contributed by atoms with Gasteiger partial charge in [-0.2, -0.15) is 0 Å². The molecule has 4 rings (SSSR count). The van der Waals surface area contributed by atoms with Gasteiger partial charge in [-0.3, -0.25) is 4.79 Å². The van der Waals surface area contributed by atoms with E-state index in [-0.39, 0.29) is 11.6 Å². The van der Waals surface area contributed by atoms with E-state index < -0.39 is 0 Å². The van der Waals surface area contributed by atoms with Gasteiger partial charge in [0.2, 0.25) is 5.78 Å². The number of ketones is 1. The fourth-order valence-corrected chi connectivity index (χ4v) is 3.36. The maximum Gasteiger partial charge on any atom is 0.238 e. The van der Waals surface area contributed by atoms with E-state index >= 15 is 0 Å². The molecule has 0 unspecified atom stereocenters. The van der Waals surface area contributed by atoms with Crippen molar-refractivity contribution < 1.29 is 13.6 Å². The molecule has 0 saturated heterocycles. The quantitative estimate of drug-likeness (QED) is 0.486. The second-order valence-corrected chi connectivity index (χ2v) is 5.85. The van der Waals surface area contributed by atoms with Gasteiger partial charge in [0.15, 0.2) is 5.76 Å². The number of fused-ring (bicyclic) bond motifs is 2. The van der Waals surface area contributed by atoms with Gasteiger partial charge in [-0.25, -0.2) is 4.39 Å². The van der Waals surface area contributed by atoms with Crippen LogP contribution in [0.15, 0.2) is 59.0 Å². The molecule has 2 nitrogen and oxygen atoms in total. The summed E-state index contributed by atoms with van der Waals surface area (Å²) in [7, 11) is 0. The number of para-hydroxylation sites is 1. The first-order chi connectivity index (χ1) is 10.2. The third-order valence-electron chi connectivity index (χ3n) is 3.36. The minimum atomic E-state index is -0.299. The Hall–Kier alpha value is -2.46. The van der Waals surface area contributed by atoms with Crippen molar-refractivity contribution in [2.24, 2.45) is 0 Å². The highest BCUT2D eigenvalue weighted by Gasteiger charge is 2.17. The van der Waals surface area contributed by atoms with Gasteiger partial charge in [0, 0.05) is 10.1 Å². The molecule has 4 heteroatoms. The Labute approximate surface area is 123 Å². The van der Waals surface area contributed by atoms with Gasteiger partial charge in [0.05, 0.1) is 4.88 Å². The topological polar surface area (TPSA) is 30.2 Å². The van der Waals surface area contributed by atoms with Crippen LogP contribution in [0.4, 0.5) is 4.39 Å². The summed E-state index contributed by atoms with van der Waals surface area (Å²) >= 11 is 1.27. The van der Waals surface area contributed by atoms with E-state index in [1.54, 1.807) is 18.2 Å². The van der Waals surface area contributed by atoms with E-state index in [0.29, 0.717) is 16.2 Å². The average Bonchev–Trinajstić information content (AvgIpc) is 3.09. The fourth-order valence-electron chi connectivity index (χ4n) is 2.33. The number of hydrogen-bond donors (Lipinski definition) is 0. The van der Waals surface area contributed by atoms with Crippen molar-refractivity contribution in [2.75, 3.05) is 0 Å². The van der Waals surface area contributed by atoms with E-state index in [0.717, 1.165) is 15.5 Å². The van der Waals surface area contributed by atoms with Crippen LogP contribution in [0.3, 0.4) is 0 Å². The third kappa shape index (κ3) is 2.04. The molecule has 0 atom stereocenters. The van der Waals surface area contributed by atoms with Crippen LogP contribution in [0.1, 0.15) is 15.4 Å². The Morgan fingerprint density at radius 1 is 1.00 bits per heavy atom. The van der Waals surface area contributed by atoms with Crippen molar-refractivity contribution in [1.29, 1.82) is 0 Å². The number of thiophene rings is 1. The number of hydrogen-bond acceptors (Lipinski definition) is 3. The molecule has 0 spiro atoms. The highest BCUT2D eigenvalue weighted by molar-refractivity contribution is 7.21. The lowest BCUT2D eigenvalue weighted by Gasteiger charge is -1.90. The molecule has 0 aliphatic rings. The molecule has 4 aromatic rings. The Kier molecular flexibility index (Phi) is 2.65. The maximum absolute atomic E-state index is 13.2. The summed E-state index contributed by atoms with van der Waals surface area (Å²) in [6.07, 6.45) is 0. The van der Waals surface area contributed by atoms with Crippen molar-refractivity contribution >= 4 is 38.2 Å². The van der Waals surface area contributed by atoms with Crippen LogP contribution in [0.5, 0.6) is 0 Å². The second-order valence-electron chi connectivity index (χ2n) is 4.77. The van der Waals surface area contributed by atoms with Crippen LogP contribution in [-0.2, 0) is 0 Å². The predicted octanol–water partition coefficient (Wildman–Crippen LogP) is 5.02. The molecule has 0 saturated carbocycles. The van der Waals surface area contributed by atoms with Gasteiger partial charge in [0.25, 0.3) is 0 Å². The van der Waals surface area contributed by atoms with E-state index in [4.69, 9.17) is 4.42 Å². The van der Waals surface area contributed by atoms with Gasteiger partial charge in [0.1, 0.15) is 11.4 Å². The Morgan fingerprint density at radius 2 is 1.86 bits per heavy atom. The summed E-state index contributed by atoms with van der Waals surface area (Å²) in [6.45, 7) is 0. The number of carbonyl (C=O) groups excluding carboxylic acids is 1. The monoisotopic (exact) mass is 296 g/mol. The third-order valence-corrected chi connectivity index (χ3v) is 4.45. The van der Waals surface area contributed by atoms with E-state index in [1.807, 2.05) is 24.3 Å². The van der Waals surface area contributed by atoms with Crippen LogP contribution < -0.4 is 0 Å². The van der Waals surface area contributed by atoms with Crippen molar-refractivity contribution in [2.45, 2.75) is 0 Å². The summed E-state index contributed by atoms with van der Waals surface area (Å²) in [5.41, 5.74) is 0.688. The summed E-state index contributed by atoms with van der Waals surface area (Å²) < 4.78 is 19.6. The van der Waals surface area contributed by atoms with E-state index in [2.05, 4.69) is 0 Å². The van der Waals surface area contributed by atoms with Crippen LogP contribution in [0, 0.1) is 5.82 Å². The standard InChI is InChI=1S/C17H9FO2S/c18-12-6-5-11-8-16(21-15(11)9-12)17(19)14-7-10-3-1-2-4-13(10)20-14/h1-9H. The molecule has 2 aromatic heterocycles. The minimum absolute atomic E-state index is 0.173. The molecule has 0 radical (unpaired) electrons. The van der Waals surface area contributed by atoms with E-state index in [9.17, 15) is 9.18 Å². The zero-order valence-corrected chi connectivity index (χ0v) is 11.6. The van der Waals surface area contributed by atoms with E-state index in [1.165, 1.54) is 23.5 Å². The largest absolute Gasteiger partial charge is 0.453 e. The summed E-state index contributed by atoms with van der Waals surface area (Å²) in [4.78, 5) is 13.0. The average molecular weight is 296 g/mol. The van der Waals surface area contributed by atoms with Crippen molar-refractivity contribution in [1.82, 2.24) is 0 Å². The molecule has 0 aliphatic heterocycles. The molecule has 0 bridgehead atoms. The molecule has 0 aliphatic carbocycles. The number of benzene rings is 2. The van der Waals surface area contributed by atoms with Crippen LogP contribution >= 0.6 is 11.3 Å². The van der Waals surface area contributed by atoms with Crippen LogP contribution in [-0.4, -0.2) is 5.78 Å². The molecule has 0 N–H and O–H groups in total. The number of halogens is 1. The first kappa shape index (κ1) is 12.3. The molecular weight excluding hydrogens is 287 g/mol. The zero-order valence-electron chi connectivity index (χ0n) is 10.8. The van der Waals surface area contributed by atoms with Crippen LogP contribution in [0.25, 0.3) is 21.1 Å². The Morgan fingerprint density at radius 3 is 2.71 bits per heavy atom. The highest BCUT2D eigenvalue weighted by Crippen LogP contribution is 2.29. The molecule has 21 heavy (non-hydrogen) atoms. The highest BCUT2D eigenvalue weighted by atomic mass is 32.1. The Balaban J connectivity index is 1.81. The summed E-state index contributed by atoms with van der Waals surface area (Å²) in [6, 6.07) is 15.5. The lowest BCUT2D eigenvalue weighted by atomic mass is 10.2. The van der Waals surface area contributed by atoms with Gasteiger partial charge < -0.3 is 4.42 Å².